The van der Waals surface area contributed by atoms with Gasteiger partial charge >= 0.3 is 18.1 Å². The van der Waals surface area contributed by atoms with E-state index in [4.69, 9.17) is 4.74 Å². The van der Waals surface area contributed by atoms with Crippen LogP contribution in [-0.2, 0) is 9.53 Å². The molecule has 1 aromatic heterocycles. The Hall–Kier alpha value is -1.64. The zero-order chi connectivity index (χ0) is 15.5. The van der Waals surface area contributed by atoms with Crippen molar-refractivity contribution >= 4 is 28.3 Å². The zero-order valence-electron chi connectivity index (χ0n) is 11.0. The fourth-order valence-electron chi connectivity index (χ4n) is 1.12. The van der Waals surface area contributed by atoms with Crippen LogP contribution in [0.5, 0.6) is 0 Å². The second-order valence-electron chi connectivity index (χ2n) is 4.38. The number of ether oxygens (including phenoxy) is 1. The molecule has 0 atom stereocenters. The third kappa shape index (κ3) is 4.48. The van der Waals surface area contributed by atoms with Gasteiger partial charge in [-0.1, -0.05) is 25.2 Å². The highest BCUT2D eigenvalue weighted by Crippen LogP contribution is 2.25. The first-order chi connectivity index (χ1) is 9.11. The standard InChI is InChI=1S/C11H13F3N2O3S/c1-5(2)4-19-8(17)7-6(3)15-10(20-7)16-9(18)11(12,13)14/h5H,4H2,1-3H3,(H,15,16,18). The number of esters is 1. The summed E-state index contributed by atoms with van der Waals surface area (Å²) in [6.45, 7) is 5.34. The van der Waals surface area contributed by atoms with Crippen molar-refractivity contribution in [1.29, 1.82) is 0 Å². The summed E-state index contributed by atoms with van der Waals surface area (Å²) >= 11 is 0.646. The molecule has 0 spiro atoms. The first-order valence-electron chi connectivity index (χ1n) is 5.64. The molecule has 0 radical (unpaired) electrons. The van der Waals surface area contributed by atoms with E-state index in [2.05, 4.69) is 4.98 Å². The highest BCUT2D eigenvalue weighted by molar-refractivity contribution is 7.17. The van der Waals surface area contributed by atoms with E-state index in [1.165, 1.54) is 6.92 Å². The van der Waals surface area contributed by atoms with Gasteiger partial charge in [-0.2, -0.15) is 13.2 Å². The SMILES string of the molecule is Cc1nc(NC(=O)C(F)(F)F)sc1C(=O)OCC(C)C. The molecule has 0 bridgehead atoms. The number of nitrogens with zero attached hydrogens (tertiary/aromatic N) is 1. The van der Waals surface area contributed by atoms with Crippen molar-refractivity contribution in [2.45, 2.75) is 26.9 Å². The summed E-state index contributed by atoms with van der Waals surface area (Å²) in [7, 11) is 0. The zero-order valence-corrected chi connectivity index (χ0v) is 11.8. The Labute approximate surface area is 117 Å². The van der Waals surface area contributed by atoms with Gasteiger partial charge in [0.15, 0.2) is 5.13 Å². The fourth-order valence-corrected chi connectivity index (χ4v) is 1.97. The van der Waals surface area contributed by atoms with Gasteiger partial charge in [-0.3, -0.25) is 10.1 Å². The van der Waals surface area contributed by atoms with Gasteiger partial charge < -0.3 is 4.74 Å². The van der Waals surface area contributed by atoms with Gasteiger partial charge in [0.25, 0.3) is 0 Å². The van der Waals surface area contributed by atoms with Crippen molar-refractivity contribution in [2.75, 3.05) is 11.9 Å². The van der Waals surface area contributed by atoms with Crippen LogP contribution in [0.1, 0.15) is 29.2 Å². The van der Waals surface area contributed by atoms with Crippen LogP contribution in [0.25, 0.3) is 0 Å². The molecular weight excluding hydrogens is 297 g/mol. The summed E-state index contributed by atoms with van der Waals surface area (Å²) in [4.78, 5) is 26.2. The Morgan fingerprint density at radius 2 is 2.00 bits per heavy atom. The Bertz CT molecular complexity index is 512. The molecule has 112 valence electrons. The minimum absolute atomic E-state index is 0.0723. The number of aromatic nitrogens is 1. The molecule has 1 rings (SSSR count). The molecule has 0 saturated heterocycles. The molecular formula is C11H13F3N2O3S. The van der Waals surface area contributed by atoms with Crippen molar-refractivity contribution in [2.24, 2.45) is 5.92 Å². The fraction of sp³-hybridized carbons (Fsp3) is 0.545. The normalized spacial score (nSPS) is 11.6. The number of alkyl halides is 3. The first kappa shape index (κ1) is 16.4. The minimum Gasteiger partial charge on any atom is -0.461 e. The smallest absolute Gasteiger partial charge is 0.461 e. The van der Waals surface area contributed by atoms with Gasteiger partial charge in [-0.25, -0.2) is 9.78 Å². The van der Waals surface area contributed by atoms with Gasteiger partial charge in [0.1, 0.15) is 4.88 Å². The number of hydrogen-bond donors (Lipinski definition) is 1. The Balaban J connectivity index is 2.78. The van der Waals surface area contributed by atoms with Crippen LogP contribution < -0.4 is 5.32 Å². The van der Waals surface area contributed by atoms with Crippen LogP contribution in [0.2, 0.25) is 0 Å². The molecule has 0 saturated carbocycles. The molecule has 1 aromatic rings. The monoisotopic (exact) mass is 310 g/mol. The van der Waals surface area contributed by atoms with Crippen molar-refractivity contribution in [3.8, 4) is 0 Å². The quantitative estimate of drug-likeness (QED) is 0.868. The van der Waals surface area contributed by atoms with E-state index >= 15 is 0 Å². The van der Waals surface area contributed by atoms with Crippen molar-refractivity contribution in [3.05, 3.63) is 10.6 Å². The third-order valence-electron chi connectivity index (χ3n) is 2.01. The summed E-state index contributed by atoms with van der Waals surface area (Å²) in [6.07, 6.45) is -5.00. The number of aryl methyl sites for hydroxylation is 1. The lowest BCUT2D eigenvalue weighted by atomic mass is 10.2. The lowest BCUT2D eigenvalue weighted by Crippen LogP contribution is -2.29. The van der Waals surface area contributed by atoms with Crippen LogP contribution in [0.15, 0.2) is 0 Å². The van der Waals surface area contributed by atoms with Crippen LogP contribution >= 0.6 is 11.3 Å². The number of hydrogen-bond acceptors (Lipinski definition) is 5. The average Bonchev–Trinajstić information content (AvgIpc) is 2.66. The molecule has 5 nitrogen and oxygen atoms in total. The van der Waals surface area contributed by atoms with Gasteiger partial charge in [-0.05, 0) is 12.8 Å². The summed E-state index contributed by atoms with van der Waals surface area (Å²) < 4.78 is 41.2. The molecule has 0 fully saturated rings. The minimum atomic E-state index is -5.00. The molecule has 1 N–H and O–H groups in total. The van der Waals surface area contributed by atoms with E-state index in [-0.39, 0.29) is 28.2 Å². The number of carbonyl (C=O) groups excluding carboxylic acids is 2. The average molecular weight is 310 g/mol. The van der Waals surface area contributed by atoms with Gasteiger partial charge in [0.2, 0.25) is 0 Å². The lowest BCUT2D eigenvalue weighted by molar-refractivity contribution is -0.167. The molecule has 0 unspecified atom stereocenters. The van der Waals surface area contributed by atoms with Crippen molar-refractivity contribution in [1.82, 2.24) is 4.98 Å². The van der Waals surface area contributed by atoms with Crippen LogP contribution in [-0.4, -0.2) is 29.6 Å². The van der Waals surface area contributed by atoms with Gasteiger partial charge in [0.05, 0.1) is 12.3 Å². The second-order valence-corrected chi connectivity index (χ2v) is 5.38. The van der Waals surface area contributed by atoms with E-state index in [0.29, 0.717) is 11.3 Å². The Morgan fingerprint density at radius 3 is 2.50 bits per heavy atom. The van der Waals surface area contributed by atoms with E-state index in [9.17, 15) is 22.8 Å². The third-order valence-corrected chi connectivity index (χ3v) is 3.06. The number of carbonyl (C=O) groups is 2. The number of thiazole rings is 1. The second kappa shape index (κ2) is 6.21. The predicted octanol–water partition coefficient (Wildman–Crippen LogP) is 2.77. The first-order valence-corrected chi connectivity index (χ1v) is 6.45. The molecule has 0 aliphatic carbocycles. The maximum Gasteiger partial charge on any atom is 0.471 e. The molecule has 20 heavy (non-hydrogen) atoms. The van der Waals surface area contributed by atoms with Crippen LogP contribution in [0.4, 0.5) is 18.3 Å². The molecule has 0 aromatic carbocycles. The summed E-state index contributed by atoms with van der Waals surface area (Å²) in [5, 5.41) is 1.31. The van der Waals surface area contributed by atoms with E-state index in [1.807, 2.05) is 13.8 Å². The topological polar surface area (TPSA) is 68.3 Å². The summed E-state index contributed by atoms with van der Waals surface area (Å²) in [5.41, 5.74) is 0.209. The number of halogens is 3. The summed E-state index contributed by atoms with van der Waals surface area (Å²) in [5.74, 6) is -2.66. The van der Waals surface area contributed by atoms with Crippen LogP contribution in [0.3, 0.4) is 0 Å². The number of nitrogens with one attached hydrogen (secondary N) is 1. The van der Waals surface area contributed by atoms with E-state index in [0.717, 1.165) is 0 Å². The number of anilines is 1. The Morgan fingerprint density at radius 1 is 1.40 bits per heavy atom. The van der Waals surface area contributed by atoms with E-state index < -0.39 is 18.1 Å². The van der Waals surface area contributed by atoms with Crippen LogP contribution in [0, 0.1) is 12.8 Å². The molecule has 9 heteroatoms. The molecule has 1 heterocycles. The molecule has 0 aliphatic heterocycles. The number of amides is 1. The van der Waals surface area contributed by atoms with Gasteiger partial charge in [0, 0.05) is 0 Å². The summed E-state index contributed by atoms with van der Waals surface area (Å²) in [6, 6.07) is 0. The van der Waals surface area contributed by atoms with Crippen molar-refractivity contribution in [3.63, 3.8) is 0 Å². The van der Waals surface area contributed by atoms with Gasteiger partial charge in [-0.15, -0.1) is 0 Å². The number of rotatable bonds is 4. The lowest BCUT2D eigenvalue weighted by Gasteiger charge is -2.05. The maximum absolute atomic E-state index is 12.1. The molecule has 1 amide bonds. The maximum atomic E-state index is 12.1. The largest absolute Gasteiger partial charge is 0.471 e. The Kier molecular flexibility index (Phi) is 5.09. The van der Waals surface area contributed by atoms with Crippen molar-refractivity contribution < 1.29 is 27.5 Å². The predicted molar refractivity (Wildman–Crippen MR) is 66.7 cm³/mol. The highest BCUT2D eigenvalue weighted by atomic mass is 32.1. The highest BCUT2D eigenvalue weighted by Gasteiger charge is 2.39. The molecule has 0 aliphatic rings. The van der Waals surface area contributed by atoms with E-state index in [1.54, 1.807) is 5.32 Å².